The zero-order valence-corrected chi connectivity index (χ0v) is 13.6. The molecule has 1 aliphatic rings. The lowest BCUT2D eigenvalue weighted by Gasteiger charge is -2.13. The van der Waals surface area contributed by atoms with E-state index in [-0.39, 0.29) is 18.1 Å². The van der Waals surface area contributed by atoms with Crippen molar-refractivity contribution >= 4 is 17.5 Å². The fourth-order valence-electron chi connectivity index (χ4n) is 2.66. The van der Waals surface area contributed by atoms with E-state index in [1.54, 1.807) is 24.5 Å². The normalized spacial score (nSPS) is 18.9. The molecule has 0 aliphatic heterocycles. The molecule has 136 valence electrons. The monoisotopic (exact) mass is 363 g/mol. The standard InChI is InChI=1S/C18H16F3N3O2/c19-18(20,21)14-5-1-2-6-15(14)24-17(26)13-8-12(13)16(25)23-10-11-4-3-7-22-9-11/h1-7,9,12-13H,8,10H2,(H,23,25)(H,24,26). The van der Waals surface area contributed by atoms with Gasteiger partial charge in [0.1, 0.15) is 0 Å². The van der Waals surface area contributed by atoms with Crippen LogP contribution < -0.4 is 10.6 Å². The number of carbonyl (C=O) groups excluding carboxylic acids is 2. The molecule has 0 saturated heterocycles. The minimum absolute atomic E-state index is 0.286. The maximum absolute atomic E-state index is 13.0. The number of para-hydroxylation sites is 1. The van der Waals surface area contributed by atoms with Crippen LogP contribution in [-0.4, -0.2) is 16.8 Å². The summed E-state index contributed by atoms with van der Waals surface area (Å²) < 4.78 is 38.9. The van der Waals surface area contributed by atoms with Gasteiger partial charge in [0.05, 0.1) is 23.1 Å². The van der Waals surface area contributed by atoms with Crippen LogP contribution in [0.25, 0.3) is 0 Å². The number of hydrogen-bond acceptors (Lipinski definition) is 3. The lowest BCUT2D eigenvalue weighted by atomic mass is 10.1. The van der Waals surface area contributed by atoms with Crippen LogP contribution >= 0.6 is 0 Å². The van der Waals surface area contributed by atoms with Crippen molar-refractivity contribution in [1.82, 2.24) is 10.3 Å². The van der Waals surface area contributed by atoms with E-state index in [1.807, 2.05) is 0 Å². The van der Waals surface area contributed by atoms with Crippen molar-refractivity contribution in [3.8, 4) is 0 Å². The van der Waals surface area contributed by atoms with E-state index in [0.717, 1.165) is 11.6 Å². The lowest BCUT2D eigenvalue weighted by molar-refractivity contribution is -0.137. The summed E-state index contributed by atoms with van der Waals surface area (Å²) in [5.41, 5.74) is -0.389. The molecule has 2 unspecified atom stereocenters. The molecule has 0 spiro atoms. The Morgan fingerprint density at radius 3 is 2.50 bits per heavy atom. The SMILES string of the molecule is O=C(NCc1cccnc1)C1CC1C(=O)Nc1ccccc1C(F)(F)F. The van der Waals surface area contributed by atoms with Crippen molar-refractivity contribution in [2.45, 2.75) is 19.1 Å². The van der Waals surface area contributed by atoms with Crippen molar-refractivity contribution in [1.29, 1.82) is 0 Å². The van der Waals surface area contributed by atoms with Gasteiger partial charge in [-0.3, -0.25) is 14.6 Å². The molecule has 1 fully saturated rings. The third-order valence-corrected chi connectivity index (χ3v) is 4.14. The van der Waals surface area contributed by atoms with Gasteiger partial charge in [-0.05, 0) is 30.2 Å². The molecule has 2 atom stereocenters. The first-order chi connectivity index (χ1) is 12.4. The summed E-state index contributed by atoms with van der Waals surface area (Å²) >= 11 is 0. The smallest absolute Gasteiger partial charge is 0.352 e. The fourth-order valence-corrected chi connectivity index (χ4v) is 2.66. The molecule has 26 heavy (non-hydrogen) atoms. The van der Waals surface area contributed by atoms with E-state index >= 15 is 0 Å². The number of alkyl halides is 3. The average molecular weight is 363 g/mol. The molecule has 2 aromatic rings. The number of halogens is 3. The molecule has 1 heterocycles. The highest BCUT2D eigenvalue weighted by Gasteiger charge is 2.48. The maximum Gasteiger partial charge on any atom is 0.418 e. The Labute approximate surface area is 147 Å². The summed E-state index contributed by atoms with van der Waals surface area (Å²) in [5, 5.41) is 5.00. The lowest BCUT2D eigenvalue weighted by Crippen LogP contribution is -2.27. The van der Waals surface area contributed by atoms with Crippen molar-refractivity contribution in [3.63, 3.8) is 0 Å². The van der Waals surface area contributed by atoms with Crippen LogP contribution in [0.4, 0.5) is 18.9 Å². The van der Waals surface area contributed by atoms with E-state index < -0.39 is 29.5 Å². The number of aromatic nitrogens is 1. The molecule has 8 heteroatoms. The molecular formula is C18H16F3N3O2. The molecule has 1 aliphatic carbocycles. The van der Waals surface area contributed by atoms with Crippen LogP contribution in [0.1, 0.15) is 17.5 Å². The second-order valence-corrected chi connectivity index (χ2v) is 6.06. The number of anilines is 1. The molecule has 1 aromatic heterocycles. The van der Waals surface area contributed by atoms with Gasteiger partial charge < -0.3 is 10.6 Å². The van der Waals surface area contributed by atoms with Crippen LogP contribution in [-0.2, 0) is 22.3 Å². The summed E-state index contributed by atoms with van der Waals surface area (Å²) in [6.45, 7) is 0.286. The molecule has 0 radical (unpaired) electrons. The van der Waals surface area contributed by atoms with Gasteiger partial charge in [0.25, 0.3) is 0 Å². The van der Waals surface area contributed by atoms with Gasteiger partial charge in [-0.2, -0.15) is 13.2 Å². The number of carbonyl (C=O) groups is 2. The Bertz CT molecular complexity index is 809. The highest BCUT2D eigenvalue weighted by molar-refractivity contribution is 6.00. The number of nitrogens with one attached hydrogen (secondary N) is 2. The zero-order valence-electron chi connectivity index (χ0n) is 13.6. The Kier molecular flexibility index (Phi) is 4.92. The molecule has 5 nitrogen and oxygen atoms in total. The number of pyridine rings is 1. The summed E-state index contributed by atoms with van der Waals surface area (Å²) in [5.74, 6) is -2.02. The third-order valence-electron chi connectivity index (χ3n) is 4.14. The van der Waals surface area contributed by atoms with Gasteiger partial charge in [0.15, 0.2) is 0 Å². The van der Waals surface area contributed by atoms with E-state index in [2.05, 4.69) is 15.6 Å². The maximum atomic E-state index is 13.0. The first-order valence-corrected chi connectivity index (χ1v) is 8.00. The number of benzene rings is 1. The molecule has 2 amide bonds. The first kappa shape index (κ1) is 17.9. The highest BCUT2D eigenvalue weighted by atomic mass is 19.4. The minimum Gasteiger partial charge on any atom is -0.352 e. The summed E-state index contributed by atoms with van der Waals surface area (Å²) in [6, 6.07) is 8.31. The Balaban J connectivity index is 1.56. The van der Waals surface area contributed by atoms with E-state index in [0.29, 0.717) is 6.42 Å². The Morgan fingerprint density at radius 1 is 1.08 bits per heavy atom. The van der Waals surface area contributed by atoms with Gasteiger partial charge in [0.2, 0.25) is 11.8 Å². The first-order valence-electron chi connectivity index (χ1n) is 8.00. The molecule has 1 aromatic carbocycles. The van der Waals surface area contributed by atoms with Crippen LogP contribution in [0.3, 0.4) is 0 Å². The molecule has 1 saturated carbocycles. The number of hydrogen-bond donors (Lipinski definition) is 2. The second-order valence-electron chi connectivity index (χ2n) is 6.06. The zero-order chi connectivity index (χ0) is 18.7. The quantitative estimate of drug-likeness (QED) is 0.858. The fraction of sp³-hybridized carbons (Fsp3) is 0.278. The summed E-state index contributed by atoms with van der Waals surface area (Å²) in [7, 11) is 0. The summed E-state index contributed by atoms with van der Waals surface area (Å²) in [4.78, 5) is 28.2. The predicted octanol–water partition coefficient (Wildman–Crippen LogP) is 2.99. The molecule has 0 bridgehead atoms. The van der Waals surface area contributed by atoms with Gasteiger partial charge >= 0.3 is 6.18 Å². The number of amides is 2. The van der Waals surface area contributed by atoms with Gasteiger partial charge in [-0.1, -0.05) is 18.2 Å². The Hall–Kier alpha value is -2.90. The molecular weight excluding hydrogens is 347 g/mol. The Morgan fingerprint density at radius 2 is 1.81 bits per heavy atom. The van der Waals surface area contributed by atoms with Crippen molar-refractivity contribution in [3.05, 3.63) is 59.9 Å². The van der Waals surface area contributed by atoms with Crippen LogP contribution in [0.2, 0.25) is 0 Å². The van der Waals surface area contributed by atoms with Gasteiger partial charge in [-0.25, -0.2) is 0 Å². The minimum atomic E-state index is -4.56. The highest BCUT2D eigenvalue weighted by Crippen LogP contribution is 2.41. The van der Waals surface area contributed by atoms with Crippen molar-refractivity contribution < 1.29 is 22.8 Å². The van der Waals surface area contributed by atoms with Crippen LogP contribution in [0.15, 0.2) is 48.8 Å². The second kappa shape index (κ2) is 7.15. The van der Waals surface area contributed by atoms with Gasteiger partial charge in [-0.15, -0.1) is 0 Å². The van der Waals surface area contributed by atoms with Crippen LogP contribution in [0, 0.1) is 11.8 Å². The summed E-state index contributed by atoms with van der Waals surface area (Å²) in [6.07, 6.45) is -1.01. The van der Waals surface area contributed by atoms with Crippen molar-refractivity contribution in [2.75, 3.05) is 5.32 Å². The van der Waals surface area contributed by atoms with E-state index in [4.69, 9.17) is 0 Å². The van der Waals surface area contributed by atoms with E-state index in [9.17, 15) is 22.8 Å². The largest absolute Gasteiger partial charge is 0.418 e. The topological polar surface area (TPSA) is 71.1 Å². The molecule has 3 rings (SSSR count). The number of nitrogens with zero attached hydrogens (tertiary/aromatic N) is 1. The number of rotatable bonds is 5. The van der Waals surface area contributed by atoms with E-state index in [1.165, 1.54) is 18.2 Å². The van der Waals surface area contributed by atoms with Gasteiger partial charge in [0, 0.05) is 18.9 Å². The van der Waals surface area contributed by atoms with Crippen LogP contribution in [0.5, 0.6) is 0 Å². The predicted molar refractivity (Wildman–Crippen MR) is 87.8 cm³/mol. The third kappa shape index (κ3) is 4.19. The molecule has 2 N–H and O–H groups in total. The average Bonchev–Trinajstić information content (AvgIpc) is 3.41. The van der Waals surface area contributed by atoms with Crippen molar-refractivity contribution in [2.24, 2.45) is 11.8 Å².